The van der Waals surface area contributed by atoms with E-state index in [2.05, 4.69) is 55.3 Å². The number of benzene rings is 1. The molecule has 0 spiro atoms. The van der Waals surface area contributed by atoms with E-state index in [0.717, 1.165) is 37.1 Å². The lowest BCUT2D eigenvalue weighted by Crippen LogP contribution is -2.40. The molecule has 4 N–H and O–H groups in total. The number of aromatic amines is 1. The first kappa shape index (κ1) is 20.0. The van der Waals surface area contributed by atoms with Gasteiger partial charge >= 0.3 is 0 Å². The topological polar surface area (TPSA) is 118 Å². The molecule has 1 amide bonds. The van der Waals surface area contributed by atoms with Crippen LogP contribution in [0.1, 0.15) is 59.0 Å². The molecular weight excluding hydrogens is 398 g/mol. The van der Waals surface area contributed by atoms with Crippen molar-refractivity contribution in [2.24, 2.45) is 4.99 Å². The van der Waals surface area contributed by atoms with Crippen LogP contribution in [0.3, 0.4) is 0 Å². The summed E-state index contributed by atoms with van der Waals surface area (Å²) in [5.74, 6) is 0.683. The molecule has 30 heavy (non-hydrogen) atoms. The fraction of sp³-hybridized carbons (Fsp3) is 0.333. The van der Waals surface area contributed by atoms with E-state index in [1.165, 1.54) is 23.8 Å². The number of nitrogens with one attached hydrogen (secondary N) is 4. The van der Waals surface area contributed by atoms with E-state index in [9.17, 15) is 4.79 Å². The Bertz CT molecular complexity index is 1050. The highest BCUT2D eigenvalue weighted by Gasteiger charge is 2.21. The molecule has 0 fully saturated rings. The molecule has 2 aromatic rings. The first-order chi connectivity index (χ1) is 14.7. The fourth-order valence-electron chi connectivity index (χ4n) is 3.79. The molecule has 0 saturated carbocycles. The molecule has 1 unspecified atom stereocenters. The van der Waals surface area contributed by atoms with Crippen LogP contribution in [0.4, 0.5) is 5.69 Å². The van der Waals surface area contributed by atoms with Gasteiger partial charge in [-0.2, -0.15) is 5.26 Å². The summed E-state index contributed by atoms with van der Waals surface area (Å²) in [5, 5.41) is 15.1. The quantitative estimate of drug-likeness (QED) is 0.487. The summed E-state index contributed by atoms with van der Waals surface area (Å²) in [7, 11) is 0. The predicted octanol–water partition coefficient (Wildman–Crippen LogP) is 2.97. The van der Waals surface area contributed by atoms with Crippen LogP contribution >= 0.6 is 12.8 Å². The van der Waals surface area contributed by atoms with E-state index in [0.29, 0.717) is 12.5 Å². The minimum absolute atomic E-state index is 0.122. The standard InChI is InChI=1S/C21H23N7OS/c22-9-16-12-23-19(26-16)20(29)27-18-7-6-14(15-10-24-21(28-30)25-11-15)8-17(18)13-4-2-1-3-5-13/h4,6-8,12,15,30H,1-3,5,10-11H2,(H,23,26)(H,27,29)(H2,24,25,28). The lowest BCUT2D eigenvalue weighted by molar-refractivity contribution is 0.101. The summed E-state index contributed by atoms with van der Waals surface area (Å²) in [6, 6.07) is 8.09. The van der Waals surface area contributed by atoms with E-state index >= 15 is 0 Å². The Morgan fingerprint density at radius 2 is 2.23 bits per heavy atom. The number of H-pyrrole nitrogens is 1. The number of nitriles is 1. The van der Waals surface area contributed by atoms with Crippen molar-refractivity contribution in [3.05, 3.63) is 53.1 Å². The number of carbonyl (C=O) groups is 1. The highest BCUT2D eigenvalue weighted by Crippen LogP contribution is 2.34. The van der Waals surface area contributed by atoms with Gasteiger partial charge in [0.25, 0.3) is 5.91 Å². The molecule has 1 aromatic heterocycles. The predicted molar refractivity (Wildman–Crippen MR) is 119 cm³/mol. The number of nitrogens with zero attached hydrogens (tertiary/aromatic N) is 3. The maximum Gasteiger partial charge on any atom is 0.291 e. The number of aromatic nitrogens is 2. The third-order valence-corrected chi connectivity index (χ3v) is 5.61. The number of carbonyl (C=O) groups excluding carboxylic acids is 1. The minimum atomic E-state index is -0.365. The molecule has 4 rings (SSSR count). The molecule has 1 atom stereocenters. The number of hydrogen-bond acceptors (Lipinski definition) is 7. The lowest BCUT2D eigenvalue weighted by atomic mass is 9.88. The van der Waals surface area contributed by atoms with Gasteiger partial charge in [0, 0.05) is 23.7 Å². The van der Waals surface area contributed by atoms with E-state index in [4.69, 9.17) is 5.26 Å². The van der Waals surface area contributed by atoms with Crippen LogP contribution in [0.15, 0.2) is 35.5 Å². The normalized spacial score (nSPS) is 18.5. The molecular formula is C21H23N7OS. The van der Waals surface area contributed by atoms with Crippen molar-refractivity contribution >= 4 is 35.9 Å². The van der Waals surface area contributed by atoms with Gasteiger partial charge in [-0.05, 0) is 49.0 Å². The largest absolute Gasteiger partial charge is 0.355 e. The van der Waals surface area contributed by atoms with Gasteiger partial charge in [0.2, 0.25) is 5.96 Å². The van der Waals surface area contributed by atoms with Crippen molar-refractivity contribution in [1.82, 2.24) is 20.0 Å². The van der Waals surface area contributed by atoms with E-state index < -0.39 is 0 Å². The Balaban J connectivity index is 1.62. The summed E-state index contributed by atoms with van der Waals surface area (Å²) in [4.78, 5) is 23.8. The Morgan fingerprint density at radius 3 is 2.90 bits per heavy atom. The van der Waals surface area contributed by atoms with Crippen LogP contribution in [-0.2, 0) is 0 Å². The van der Waals surface area contributed by atoms with Crippen LogP contribution in [0.25, 0.3) is 5.57 Å². The first-order valence-electron chi connectivity index (χ1n) is 9.96. The molecule has 1 aliphatic heterocycles. The average Bonchev–Trinajstić information content (AvgIpc) is 3.30. The van der Waals surface area contributed by atoms with E-state index in [1.54, 1.807) is 0 Å². The van der Waals surface area contributed by atoms with Crippen LogP contribution in [-0.4, -0.2) is 34.9 Å². The first-order valence-corrected chi connectivity index (χ1v) is 10.4. The van der Waals surface area contributed by atoms with Crippen molar-refractivity contribution in [2.45, 2.75) is 31.6 Å². The molecule has 0 saturated heterocycles. The summed E-state index contributed by atoms with van der Waals surface area (Å²) in [6.07, 6.45) is 7.98. The number of imidazole rings is 1. The van der Waals surface area contributed by atoms with Crippen molar-refractivity contribution in [2.75, 3.05) is 18.4 Å². The van der Waals surface area contributed by atoms with Gasteiger partial charge in [-0.25, -0.2) is 4.98 Å². The SMILES string of the molecule is N#Cc1cnc(C(=O)Nc2ccc(C3CN=C(NS)NC3)cc2C2=CCCCC2)[nH]1. The fourth-order valence-corrected chi connectivity index (χ4v) is 3.94. The lowest BCUT2D eigenvalue weighted by Gasteiger charge is -2.24. The summed E-state index contributed by atoms with van der Waals surface area (Å²) < 4.78 is 2.74. The van der Waals surface area contributed by atoms with Gasteiger partial charge in [-0.3, -0.25) is 9.79 Å². The van der Waals surface area contributed by atoms with Gasteiger partial charge < -0.3 is 20.3 Å². The van der Waals surface area contributed by atoms with Crippen LogP contribution in [0.2, 0.25) is 0 Å². The number of amides is 1. The number of hydrogen-bond donors (Lipinski definition) is 5. The van der Waals surface area contributed by atoms with Gasteiger partial charge in [-0.1, -0.05) is 25.0 Å². The van der Waals surface area contributed by atoms with Gasteiger partial charge in [0.1, 0.15) is 11.8 Å². The second-order valence-corrected chi connectivity index (χ2v) is 7.59. The molecule has 1 aromatic carbocycles. The molecule has 9 heteroatoms. The summed E-state index contributed by atoms with van der Waals surface area (Å²) in [6.45, 7) is 1.43. The number of allylic oxidation sites excluding steroid dienone is 2. The number of anilines is 1. The monoisotopic (exact) mass is 421 g/mol. The van der Waals surface area contributed by atoms with Crippen LogP contribution < -0.4 is 15.4 Å². The van der Waals surface area contributed by atoms with Crippen molar-refractivity contribution in [3.63, 3.8) is 0 Å². The second kappa shape index (κ2) is 9.05. The van der Waals surface area contributed by atoms with Crippen molar-refractivity contribution in [3.8, 4) is 6.07 Å². The second-order valence-electron chi connectivity index (χ2n) is 7.37. The highest BCUT2D eigenvalue weighted by atomic mass is 32.1. The molecule has 2 heterocycles. The third kappa shape index (κ3) is 4.33. The minimum Gasteiger partial charge on any atom is -0.355 e. The smallest absolute Gasteiger partial charge is 0.291 e. The molecule has 154 valence electrons. The maximum atomic E-state index is 12.7. The molecule has 2 aliphatic rings. The number of thiol groups is 1. The van der Waals surface area contributed by atoms with E-state index in [-0.39, 0.29) is 23.3 Å². The molecule has 0 radical (unpaired) electrons. The Morgan fingerprint density at radius 1 is 1.33 bits per heavy atom. The Kier molecular flexibility index (Phi) is 6.05. The van der Waals surface area contributed by atoms with Gasteiger partial charge in [0.15, 0.2) is 5.82 Å². The van der Waals surface area contributed by atoms with Gasteiger partial charge in [-0.15, -0.1) is 0 Å². The zero-order chi connectivity index (χ0) is 20.9. The number of rotatable bonds is 4. The zero-order valence-corrected chi connectivity index (χ0v) is 17.3. The molecule has 0 bridgehead atoms. The molecule has 1 aliphatic carbocycles. The third-order valence-electron chi connectivity index (χ3n) is 5.40. The average molecular weight is 422 g/mol. The highest BCUT2D eigenvalue weighted by molar-refractivity contribution is 7.78. The van der Waals surface area contributed by atoms with Gasteiger partial charge in [0.05, 0.1) is 12.7 Å². The number of guanidine groups is 1. The van der Waals surface area contributed by atoms with E-state index in [1.807, 2.05) is 18.2 Å². The summed E-state index contributed by atoms with van der Waals surface area (Å²) >= 11 is 4.03. The van der Waals surface area contributed by atoms with Crippen LogP contribution in [0.5, 0.6) is 0 Å². The Labute approximate surface area is 180 Å². The van der Waals surface area contributed by atoms with Crippen molar-refractivity contribution in [1.29, 1.82) is 5.26 Å². The maximum absolute atomic E-state index is 12.7. The van der Waals surface area contributed by atoms with Crippen molar-refractivity contribution < 1.29 is 4.79 Å². The summed E-state index contributed by atoms with van der Waals surface area (Å²) in [5.41, 5.74) is 4.46. The Hall–Kier alpha value is -3.25. The number of aliphatic imine (C=N–C) groups is 1. The molecule has 8 nitrogen and oxygen atoms in total. The zero-order valence-electron chi connectivity index (χ0n) is 16.4. The van der Waals surface area contributed by atoms with Crippen LogP contribution in [0, 0.1) is 11.3 Å².